The van der Waals surface area contributed by atoms with E-state index in [1.807, 2.05) is 30.3 Å². The maximum absolute atomic E-state index is 13.6. The van der Waals surface area contributed by atoms with Gasteiger partial charge in [0, 0.05) is 39.6 Å². The van der Waals surface area contributed by atoms with Crippen molar-refractivity contribution in [3.8, 4) is 4.90 Å². The fourth-order valence-corrected chi connectivity index (χ4v) is 5.18. The first-order chi connectivity index (χ1) is 13.8. The van der Waals surface area contributed by atoms with E-state index in [9.17, 15) is 13.6 Å². The van der Waals surface area contributed by atoms with E-state index in [4.69, 9.17) is 4.74 Å². The average Bonchev–Trinajstić information content (AvgIpc) is 3.11. The van der Waals surface area contributed by atoms with Crippen molar-refractivity contribution in [1.29, 1.82) is 0 Å². The van der Waals surface area contributed by atoms with E-state index in [2.05, 4.69) is 23.6 Å². The number of halogens is 2. The van der Waals surface area contributed by atoms with Crippen LogP contribution in [0.3, 0.4) is 0 Å². The summed E-state index contributed by atoms with van der Waals surface area (Å²) >= 11 is 0. The summed E-state index contributed by atoms with van der Waals surface area (Å²) in [6, 6.07) is 20.7. The van der Waals surface area contributed by atoms with Crippen LogP contribution in [0.15, 0.2) is 78.2 Å². The van der Waals surface area contributed by atoms with Gasteiger partial charge in [-0.05, 0) is 50.2 Å². The Balaban J connectivity index is 1.63. The molecular formula is C24H19F2O2S+. The third kappa shape index (κ3) is 3.91. The molecule has 0 aliphatic heterocycles. The van der Waals surface area contributed by atoms with Crippen LogP contribution in [-0.2, 0) is 10.3 Å². The van der Waals surface area contributed by atoms with Gasteiger partial charge in [-0.2, -0.15) is 0 Å². The van der Waals surface area contributed by atoms with Crippen molar-refractivity contribution in [2.24, 2.45) is 0 Å². The van der Waals surface area contributed by atoms with Gasteiger partial charge in [-0.15, -0.1) is 0 Å². The molecule has 1 atom stereocenters. The fraction of sp³-hybridized carbons (Fsp3) is 0.125. The second-order valence-electron chi connectivity index (χ2n) is 7.26. The number of rotatable bonds is 4. The molecule has 3 aromatic carbocycles. The minimum Gasteiger partial charge on any atom is -0.451 e. The van der Waals surface area contributed by atoms with Crippen molar-refractivity contribution in [3.63, 3.8) is 0 Å². The maximum Gasteiger partial charge on any atom is 0.339 e. The second kappa shape index (κ2) is 7.41. The van der Waals surface area contributed by atoms with E-state index < -0.39 is 23.2 Å². The van der Waals surface area contributed by atoms with Crippen molar-refractivity contribution in [2.45, 2.75) is 19.4 Å². The Hall–Kier alpha value is -3.05. The van der Waals surface area contributed by atoms with Crippen molar-refractivity contribution in [3.05, 3.63) is 101 Å². The van der Waals surface area contributed by atoms with Crippen LogP contribution in [0.1, 0.15) is 29.8 Å². The predicted octanol–water partition coefficient (Wildman–Crippen LogP) is 6.95. The molecule has 5 heteroatoms. The van der Waals surface area contributed by atoms with Gasteiger partial charge < -0.3 is 4.74 Å². The van der Waals surface area contributed by atoms with Crippen LogP contribution in [0.2, 0.25) is 0 Å². The van der Waals surface area contributed by atoms with Gasteiger partial charge in [0.05, 0.1) is 5.56 Å². The lowest BCUT2D eigenvalue weighted by Gasteiger charge is -2.25. The van der Waals surface area contributed by atoms with Crippen molar-refractivity contribution in [2.75, 3.05) is 0 Å². The van der Waals surface area contributed by atoms with E-state index in [1.165, 1.54) is 22.2 Å². The summed E-state index contributed by atoms with van der Waals surface area (Å²) in [5.41, 5.74) is -0.523. The van der Waals surface area contributed by atoms with Crippen LogP contribution in [0.25, 0.3) is 15.0 Å². The Labute approximate surface area is 170 Å². The molecule has 0 fully saturated rings. The van der Waals surface area contributed by atoms with Gasteiger partial charge in [0.1, 0.15) is 22.6 Å². The third-order valence-corrected chi connectivity index (χ3v) is 6.78. The van der Waals surface area contributed by atoms with Gasteiger partial charge in [-0.1, -0.05) is 18.2 Å². The first kappa shape index (κ1) is 19.3. The summed E-state index contributed by atoms with van der Waals surface area (Å²) in [7, 11) is -0.245. The first-order valence-corrected chi connectivity index (χ1v) is 10.4. The number of carbonyl (C=O) groups is 1. The number of thiophene rings is 1. The summed E-state index contributed by atoms with van der Waals surface area (Å²) < 4.78 is 34.0. The van der Waals surface area contributed by atoms with Crippen LogP contribution in [0.4, 0.5) is 8.78 Å². The standard InChI is InChI=1S/C24H19F2O2S/c1-24(2,18-13-19(25)15-20(26)14-18)28-23(27)17-7-5-8-21(12-17)29-11-10-16-6-3-4-9-22(16)29/h3-15H,1-2H3/q+1. The van der Waals surface area contributed by atoms with Crippen LogP contribution >= 0.6 is 10.5 Å². The Kier molecular flexibility index (Phi) is 4.92. The van der Waals surface area contributed by atoms with Gasteiger partial charge in [0.2, 0.25) is 0 Å². The average molecular weight is 409 g/mol. The highest BCUT2D eigenvalue weighted by Crippen LogP contribution is 2.40. The van der Waals surface area contributed by atoms with Gasteiger partial charge in [-0.25, -0.2) is 13.6 Å². The highest BCUT2D eigenvalue weighted by molar-refractivity contribution is 7.43. The molecule has 0 bridgehead atoms. The van der Waals surface area contributed by atoms with Crippen LogP contribution in [-0.4, -0.2) is 5.97 Å². The van der Waals surface area contributed by atoms with E-state index >= 15 is 0 Å². The minimum atomic E-state index is -1.18. The van der Waals surface area contributed by atoms with E-state index in [0.29, 0.717) is 5.56 Å². The van der Waals surface area contributed by atoms with Gasteiger partial charge in [0.15, 0.2) is 9.60 Å². The Morgan fingerprint density at radius 3 is 2.38 bits per heavy atom. The molecule has 0 aliphatic carbocycles. The number of fused-ring (bicyclic) bond motifs is 1. The lowest BCUT2D eigenvalue weighted by atomic mass is 9.97. The van der Waals surface area contributed by atoms with Crippen LogP contribution in [0, 0.1) is 11.6 Å². The summed E-state index contributed by atoms with van der Waals surface area (Å²) in [6.45, 7) is 3.22. The molecule has 146 valence electrons. The molecule has 0 spiro atoms. The number of hydrogen-bond acceptors (Lipinski definition) is 2. The van der Waals surface area contributed by atoms with Gasteiger partial charge in [-0.3, -0.25) is 0 Å². The lowest BCUT2D eigenvalue weighted by molar-refractivity contribution is -0.00338. The molecule has 0 N–H and O–H groups in total. The zero-order chi connectivity index (χ0) is 20.6. The molecule has 0 saturated carbocycles. The number of hydrogen-bond donors (Lipinski definition) is 0. The molecule has 1 aromatic heterocycles. The van der Waals surface area contributed by atoms with Crippen molar-refractivity contribution < 1.29 is 18.3 Å². The molecule has 0 radical (unpaired) electrons. The SMILES string of the molecule is CC(C)(OC(=O)c1cccc(-[s+]2ccc3ccccc32)c1)c1cc(F)cc(F)c1. The van der Waals surface area contributed by atoms with Crippen LogP contribution in [0.5, 0.6) is 0 Å². The third-order valence-electron chi connectivity index (χ3n) is 4.77. The number of benzene rings is 3. The molecule has 2 nitrogen and oxygen atoms in total. The highest BCUT2D eigenvalue weighted by atomic mass is 32.2. The second-order valence-corrected chi connectivity index (χ2v) is 9.12. The van der Waals surface area contributed by atoms with Crippen molar-refractivity contribution >= 4 is 26.5 Å². The maximum atomic E-state index is 13.6. The molecule has 0 amide bonds. The van der Waals surface area contributed by atoms with Crippen molar-refractivity contribution in [1.82, 2.24) is 0 Å². The summed E-state index contributed by atoms with van der Waals surface area (Å²) in [5, 5.41) is 3.31. The lowest BCUT2D eigenvalue weighted by Crippen LogP contribution is -2.26. The van der Waals surface area contributed by atoms with E-state index in [1.54, 1.807) is 19.9 Å². The largest absolute Gasteiger partial charge is 0.451 e. The summed E-state index contributed by atoms with van der Waals surface area (Å²) in [4.78, 5) is 13.8. The summed E-state index contributed by atoms with van der Waals surface area (Å²) in [5.74, 6) is -1.96. The monoisotopic (exact) mass is 409 g/mol. The Morgan fingerprint density at radius 2 is 1.62 bits per heavy atom. The molecule has 4 rings (SSSR count). The van der Waals surface area contributed by atoms with Crippen LogP contribution < -0.4 is 0 Å². The number of esters is 1. The quantitative estimate of drug-likeness (QED) is 0.269. The normalized spacial score (nSPS) is 12.2. The number of carbonyl (C=O) groups excluding carboxylic acids is 1. The molecule has 0 saturated heterocycles. The first-order valence-electron chi connectivity index (χ1n) is 9.14. The minimum absolute atomic E-state index is 0.245. The Bertz CT molecular complexity index is 1190. The smallest absolute Gasteiger partial charge is 0.339 e. The van der Waals surface area contributed by atoms with E-state index in [-0.39, 0.29) is 16.0 Å². The highest BCUT2D eigenvalue weighted by Gasteiger charge is 2.28. The number of ether oxygens (including phenoxy) is 1. The summed E-state index contributed by atoms with van der Waals surface area (Å²) in [6.07, 6.45) is 0. The zero-order valence-corrected chi connectivity index (χ0v) is 16.8. The topological polar surface area (TPSA) is 26.3 Å². The fourth-order valence-electron chi connectivity index (χ4n) is 3.25. The molecular weight excluding hydrogens is 390 g/mol. The van der Waals surface area contributed by atoms with Gasteiger partial charge >= 0.3 is 5.97 Å². The molecule has 29 heavy (non-hydrogen) atoms. The molecule has 4 aromatic rings. The molecule has 1 unspecified atom stereocenters. The zero-order valence-electron chi connectivity index (χ0n) is 16.0. The van der Waals surface area contributed by atoms with E-state index in [0.717, 1.165) is 11.0 Å². The Morgan fingerprint density at radius 1 is 0.897 bits per heavy atom. The van der Waals surface area contributed by atoms with Gasteiger partial charge in [0.25, 0.3) is 0 Å². The molecule has 0 aliphatic rings. The molecule has 1 heterocycles. The predicted molar refractivity (Wildman–Crippen MR) is 113 cm³/mol.